The molecule has 0 aliphatic rings. The zero-order valence-electron chi connectivity index (χ0n) is 9.55. The molecular weight excluding hydrogens is 220 g/mol. The minimum atomic E-state index is 0.492. The van der Waals surface area contributed by atoms with Crippen LogP contribution >= 0.6 is 11.3 Å². The highest BCUT2D eigenvalue weighted by molar-refractivity contribution is 7.09. The van der Waals surface area contributed by atoms with Gasteiger partial charge < -0.3 is 9.88 Å². The first-order valence-electron chi connectivity index (χ1n) is 5.35. The van der Waals surface area contributed by atoms with Gasteiger partial charge in [0.05, 0.1) is 24.1 Å². The van der Waals surface area contributed by atoms with Gasteiger partial charge in [0.2, 0.25) is 0 Å². The van der Waals surface area contributed by atoms with Gasteiger partial charge in [-0.05, 0) is 0 Å². The second-order valence-electron chi connectivity index (χ2n) is 4.02. The van der Waals surface area contributed by atoms with Crippen LogP contribution in [0.3, 0.4) is 0 Å². The Kier molecular flexibility index (Phi) is 3.69. The third kappa shape index (κ3) is 2.90. The van der Waals surface area contributed by atoms with Gasteiger partial charge in [-0.15, -0.1) is 11.3 Å². The van der Waals surface area contributed by atoms with E-state index in [4.69, 9.17) is 0 Å². The van der Waals surface area contributed by atoms with Crippen LogP contribution in [0.25, 0.3) is 0 Å². The predicted octanol–water partition coefficient (Wildman–Crippen LogP) is 1.89. The van der Waals surface area contributed by atoms with E-state index in [0.717, 1.165) is 13.1 Å². The average molecular weight is 236 g/mol. The molecule has 0 amide bonds. The lowest BCUT2D eigenvalue weighted by molar-refractivity contribution is 0.565. The van der Waals surface area contributed by atoms with Gasteiger partial charge in [-0.3, -0.25) is 4.98 Å². The summed E-state index contributed by atoms with van der Waals surface area (Å²) in [5.74, 6) is 0. The topological polar surface area (TPSA) is 42.7 Å². The third-order valence-corrected chi connectivity index (χ3v) is 3.06. The van der Waals surface area contributed by atoms with Gasteiger partial charge in [0.1, 0.15) is 0 Å². The summed E-state index contributed by atoms with van der Waals surface area (Å²) in [7, 11) is 0. The summed E-state index contributed by atoms with van der Waals surface area (Å²) in [5, 5.41) is 3.39. The van der Waals surface area contributed by atoms with Gasteiger partial charge in [0.25, 0.3) is 0 Å². The van der Waals surface area contributed by atoms with Crippen LogP contribution in [0.15, 0.2) is 24.2 Å². The van der Waals surface area contributed by atoms with Crippen molar-refractivity contribution in [2.24, 2.45) is 0 Å². The Morgan fingerprint density at radius 3 is 2.94 bits per heavy atom. The first kappa shape index (κ1) is 11.3. The maximum Gasteiger partial charge on any atom is 0.0952 e. The Balaban J connectivity index is 2.01. The van der Waals surface area contributed by atoms with Gasteiger partial charge in [0, 0.05) is 29.9 Å². The molecule has 0 aliphatic heterocycles. The molecule has 1 N–H and O–H groups in total. The lowest BCUT2D eigenvalue weighted by Gasteiger charge is -2.10. The fourth-order valence-corrected chi connectivity index (χ4v) is 2.03. The second-order valence-corrected chi connectivity index (χ2v) is 4.99. The molecule has 0 fully saturated rings. The monoisotopic (exact) mass is 236 g/mol. The van der Waals surface area contributed by atoms with Crippen molar-refractivity contribution < 1.29 is 0 Å². The average Bonchev–Trinajstić information content (AvgIpc) is 2.87. The smallest absolute Gasteiger partial charge is 0.0952 e. The molecular formula is C11H16N4S. The van der Waals surface area contributed by atoms with Gasteiger partial charge in [-0.1, -0.05) is 13.8 Å². The molecule has 0 saturated carbocycles. The molecule has 16 heavy (non-hydrogen) atoms. The summed E-state index contributed by atoms with van der Waals surface area (Å²) >= 11 is 1.67. The maximum atomic E-state index is 4.19. The van der Waals surface area contributed by atoms with Crippen molar-refractivity contribution >= 4 is 11.3 Å². The first-order valence-corrected chi connectivity index (χ1v) is 6.23. The molecule has 0 aromatic carbocycles. The number of thiazole rings is 1. The highest BCUT2D eigenvalue weighted by atomic mass is 32.1. The van der Waals surface area contributed by atoms with E-state index in [1.165, 1.54) is 10.6 Å². The fourth-order valence-electron chi connectivity index (χ4n) is 1.43. The predicted molar refractivity (Wildman–Crippen MR) is 65.4 cm³/mol. The third-order valence-electron chi connectivity index (χ3n) is 2.30. The van der Waals surface area contributed by atoms with Gasteiger partial charge in [-0.2, -0.15) is 0 Å². The Bertz CT molecular complexity index is 419. The lowest BCUT2D eigenvalue weighted by atomic mass is 10.3. The molecule has 86 valence electrons. The van der Waals surface area contributed by atoms with Gasteiger partial charge in [0.15, 0.2) is 0 Å². The van der Waals surface area contributed by atoms with Crippen LogP contribution in [0.4, 0.5) is 0 Å². The number of aromatic nitrogens is 3. The van der Waals surface area contributed by atoms with Crippen LogP contribution in [0, 0.1) is 0 Å². The number of imidazole rings is 1. The number of nitrogens with one attached hydrogen (secondary N) is 1. The van der Waals surface area contributed by atoms with E-state index >= 15 is 0 Å². The fraction of sp³-hybridized carbons (Fsp3) is 0.455. The molecule has 2 aromatic heterocycles. The minimum Gasteiger partial charge on any atom is -0.328 e. The Labute approximate surface area is 99.4 Å². The lowest BCUT2D eigenvalue weighted by Crippen LogP contribution is -2.23. The molecule has 0 radical (unpaired) electrons. The van der Waals surface area contributed by atoms with Crippen molar-refractivity contribution in [1.82, 2.24) is 19.9 Å². The first-order chi connectivity index (χ1) is 7.75. The normalized spacial score (nSPS) is 11.2. The van der Waals surface area contributed by atoms with Crippen molar-refractivity contribution in [2.75, 3.05) is 0 Å². The molecule has 2 aromatic rings. The SMILES string of the molecule is CC(C)NCc1cncn1Cc1cncs1. The zero-order chi connectivity index (χ0) is 11.4. The Morgan fingerprint density at radius 2 is 2.25 bits per heavy atom. The standard InChI is InChI=1S/C11H16N4S/c1-9(2)14-4-10-3-12-7-15(10)6-11-5-13-8-16-11/h3,5,7-9,14H,4,6H2,1-2H3. The molecule has 4 nitrogen and oxygen atoms in total. The maximum absolute atomic E-state index is 4.19. The highest BCUT2D eigenvalue weighted by Gasteiger charge is 2.04. The van der Waals surface area contributed by atoms with Gasteiger partial charge >= 0.3 is 0 Å². The number of nitrogens with zero attached hydrogens (tertiary/aromatic N) is 3. The van der Waals surface area contributed by atoms with E-state index in [2.05, 4.69) is 33.7 Å². The van der Waals surface area contributed by atoms with Gasteiger partial charge in [-0.25, -0.2) is 4.98 Å². The summed E-state index contributed by atoms with van der Waals surface area (Å²) in [6, 6.07) is 0.492. The zero-order valence-corrected chi connectivity index (χ0v) is 10.4. The minimum absolute atomic E-state index is 0.492. The van der Waals surface area contributed by atoms with Crippen LogP contribution < -0.4 is 5.32 Å². The summed E-state index contributed by atoms with van der Waals surface area (Å²) in [5.41, 5.74) is 3.07. The number of rotatable bonds is 5. The van der Waals surface area contributed by atoms with Crippen molar-refractivity contribution in [2.45, 2.75) is 33.0 Å². The summed E-state index contributed by atoms with van der Waals surface area (Å²) in [4.78, 5) is 9.52. The van der Waals surface area contributed by atoms with Crippen molar-refractivity contribution in [3.63, 3.8) is 0 Å². The second kappa shape index (κ2) is 5.23. The molecule has 0 spiro atoms. The Hall–Kier alpha value is -1.20. The molecule has 0 aliphatic carbocycles. The summed E-state index contributed by atoms with van der Waals surface area (Å²) in [6.07, 6.45) is 5.69. The van der Waals surface area contributed by atoms with Crippen LogP contribution in [-0.2, 0) is 13.1 Å². The van der Waals surface area contributed by atoms with Crippen LogP contribution in [0.1, 0.15) is 24.4 Å². The quantitative estimate of drug-likeness (QED) is 0.862. The van der Waals surface area contributed by atoms with E-state index in [0.29, 0.717) is 6.04 Å². The molecule has 5 heteroatoms. The van der Waals surface area contributed by atoms with E-state index in [-0.39, 0.29) is 0 Å². The molecule has 2 rings (SSSR count). The molecule has 2 heterocycles. The highest BCUT2D eigenvalue weighted by Crippen LogP contribution is 2.10. The van der Waals surface area contributed by atoms with E-state index in [1.54, 1.807) is 11.3 Å². The van der Waals surface area contributed by atoms with Crippen molar-refractivity contribution in [3.05, 3.63) is 34.8 Å². The van der Waals surface area contributed by atoms with E-state index in [1.807, 2.05) is 24.2 Å². The molecule has 0 bridgehead atoms. The molecule has 0 saturated heterocycles. The number of hydrogen-bond donors (Lipinski definition) is 1. The van der Waals surface area contributed by atoms with E-state index < -0.39 is 0 Å². The van der Waals surface area contributed by atoms with Crippen LogP contribution in [0.2, 0.25) is 0 Å². The Morgan fingerprint density at radius 1 is 1.38 bits per heavy atom. The summed E-state index contributed by atoms with van der Waals surface area (Å²) in [6.45, 7) is 6.00. The van der Waals surface area contributed by atoms with Crippen LogP contribution in [0.5, 0.6) is 0 Å². The summed E-state index contributed by atoms with van der Waals surface area (Å²) < 4.78 is 2.16. The van der Waals surface area contributed by atoms with E-state index in [9.17, 15) is 0 Å². The number of hydrogen-bond acceptors (Lipinski definition) is 4. The van der Waals surface area contributed by atoms with Crippen molar-refractivity contribution in [3.8, 4) is 0 Å². The van der Waals surface area contributed by atoms with Crippen LogP contribution in [-0.4, -0.2) is 20.6 Å². The molecule has 0 atom stereocenters. The molecule has 0 unspecified atom stereocenters. The van der Waals surface area contributed by atoms with Crippen molar-refractivity contribution in [1.29, 1.82) is 0 Å². The largest absolute Gasteiger partial charge is 0.328 e.